The van der Waals surface area contributed by atoms with Crippen LogP contribution in [-0.4, -0.2) is 22.4 Å². The van der Waals surface area contributed by atoms with Gasteiger partial charge in [0.05, 0.1) is 6.42 Å². The molecule has 0 aliphatic heterocycles. The van der Waals surface area contributed by atoms with Gasteiger partial charge in [-0.1, -0.05) is 36.5 Å². The maximum Gasteiger partial charge on any atom is 0.231 e. The zero-order valence-electron chi connectivity index (χ0n) is 11.8. The molecule has 2 rings (SSSR count). The highest BCUT2D eigenvalue weighted by Crippen LogP contribution is 2.14. The number of rotatable bonds is 5. The lowest BCUT2D eigenvalue weighted by Gasteiger charge is -2.20. The third-order valence-corrected chi connectivity index (χ3v) is 3.42. The van der Waals surface area contributed by atoms with Gasteiger partial charge in [-0.2, -0.15) is 0 Å². The molecule has 0 aliphatic carbocycles. The van der Waals surface area contributed by atoms with Crippen LogP contribution in [0.2, 0.25) is 0 Å². The van der Waals surface area contributed by atoms with Crippen LogP contribution in [0.5, 0.6) is 0 Å². The largest absolute Gasteiger partial charge is 0.389 e. The van der Waals surface area contributed by atoms with Crippen molar-refractivity contribution in [3.05, 3.63) is 59.9 Å². The zero-order valence-corrected chi connectivity index (χ0v) is 12.6. The molecule has 108 valence electrons. The number of nitrogens with two attached hydrogens (primary N) is 1. The molecule has 1 heterocycles. The molecule has 0 unspecified atom stereocenters. The molecule has 0 atom stereocenters. The second kappa shape index (κ2) is 6.95. The fourth-order valence-electron chi connectivity index (χ4n) is 2.08. The summed E-state index contributed by atoms with van der Waals surface area (Å²) in [6.07, 6.45) is 3.71. The van der Waals surface area contributed by atoms with Crippen LogP contribution in [0, 0.1) is 0 Å². The van der Waals surface area contributed by atoms with E-state index < -0.39 is 0 Å². The lowest BCUT2D eigenvalue weighted by molar-refractivity contribution is -0.117. The van der Waals surface area contributed by atoms with E-state index in [4.69, 9.17) is 18.0 Å². The summed E-state index contributed by atoms with van der Waals surface area (Å²) >= 11 is 4.91. The molecular weight excluding hydrogens is 282 g/mol. The van der Waals surface area contributed by atoms with Crippen molar-refractivity contribution in [2.24, 2.45) is 5.73 Å². The monoisotopic (exact) mass is 299 g/mol. The summed E-state index contributed by atoms with van der Waals surface area (Å²) in [4.78, 5) is 18.5. The van der Waals surface area contributed by atoms with E-state index in [-0.39, 0.29) is 5.91 Å². The average Bonchev–Trinajstić information content (AvgIpc) is 2.49. The predicted molar refractivity (Wildman–Crippen MR) is 88.3 cm³/mol. The molecule has 0 radical (unpaired) electrons. The summed E-state index contributed by atoms with van der Waals surface area (Å²) in [5, 5.41) is 0. The van der Waals surface area contributed by atoms with E-state index in [0.29, 0.717) is 18.0 Å². The highest BCUT2D eigenvalue weighted by Gasteiger charge is 2.14. The predicted octanol–water partition coefficient (Wildman–Crippen LogP) is 2.31. The van der Waals surface area contributed by atoms with E-state index in [2.05, 4.69) is 4.98 Å². The van der Waals surface area contributed by atoms with Gasteiger partial charge in [-0.05, 0) is 24.6 Å². The van der Waals surface area contributed by atoms with Crippen LogP contribution in [0.3, 0.4) is 0 Å². The number of likely N-dealkylation sites (N-methyl/N-ethyl adjacent to an activating group) is 1. The Hall–Kier alpha value is -2.27. The van der Waals surface area contributed by atoms with Crippen molar-refractivity contribution in [2.45, 2.75) is 13.3 Å². The SMILES string of the molecule is CCN(C(=O)Cc1ccc(C(N)=S)cc1)c1ccncc1. The first-order valence-corrected chi connectivity index (χ1v) is 7.11. The Kier molecular flexibility index (Phi) is 5.00. The average molecular weight is 299 g/mol. The maximum absolute atomic E-state index is 12.4. The number of thiocarbonyl (C=S) groups is 1. The molecule has 0 saturated heterocycles. The minimum absolute atomic E-state index is 0.0479. The standard InChI is InChI=1S/C16H17N3OS/c1-2-19(14-7-9-18-10-8-14)15(20)11-12-3-5-13(6-4-12)16(17)21/h3-10H,2,11H2,1H3,(H2,17,21). The fraction of sp³-hybridized carbons (Fsp3) is 0.188. The second-order valence-corrected chi connectivity index (χ2v) is 5.02. The second-order valence-electron chi connectivity index (χ2n) is 4.58. The molecular formula is C16H17N3OS. The number of hydrogen-bond acceptors (Lipinski definition) is 3. The molecule has 2 aromatic rings. The van der Waals surface area contributed by atoms with Gasteiger partial charge in [0.1, 0.15) is 4.99 Å². The minimum atomic E-state index is 0.0479. The number of carbonyl (C=O) groups excluding carboxylic acids is 1. The number of hydrogen-bond donors (Lipinski definition) is 1. The molecule has 0 saturated carbocycles. The van der Waals surface area contributed by atoms with E-state index >= 15 is 0 Å². The van der Waals surface area contributed by atoms with Crippen molar-refractivity contribution in [1.82, 2.24) is 4.98 Å². The van der Waals surface area contributed by atoms with Gasteiger partial charge in [-0.25, -0.2) is 0 Å². The quantitative estimate of drug-likeness (QED) is 0.861. The first-order chi connectivity index (χ1) is 10.1. The number of carbonyl (C=O) groups is 1. The van der Waals surface area contributed by atoms with Crippen LogP contribution >= 0.6 is 12.2 Å². The summed E-state index contributed by atoms with van der Waals surface area (Å²) in [6, 6.07) is 11.1. The van der Waals surface area contributed by atoms with E-state index in [1.165, 1.54) is 0 Å². The van der Waals surface area contributed by atoms with Crippen LogP contribution in [-0.2, 0) is 11.2 Å². The van der Waals surface area contributed by atoms with Crippen molar-refractivity contribution < 1.29 is 4.79 Å². The summed E-state index contributed by atoms with van der Waals surface area (Å²) in [7, 11) is 0. The third-order valence-electron chi connectivity index (χ3n) is 3.19. The van der Waals surface area contributed by atoms with Gasteiger partial charge in [-0.3, -0.25) is 9.78 Å². The number of nitrogens with zero attached hydrogens (tertiary/aromatic N) is 2. The Morgan fingerprint density at radius 3 is 2.33 bits per heavy atom. The molecule has 0 aliphatic rings. The van der Waals surface area contributed by atoms with Crippen LogP contribution in [0.15, 0.2) is 48.8 Å². The normalized spacial score (nSPS) is 10.1. The molecule has 0 bridgehead atoms. The fourth-order valence-corrected chi connectivity index (χ4v) is 2.22. The Morgan fingerprint density at radius 1 is 1.19 bits per heavy atom. The maximum atomic E-state index is 12.4. The van der Waals surface area contributed by atoms with Gasteiger partial charge in [-0.15, -0.1) is 0 Å². The molecule has 4 nitrogen and oxygen atoms in total. The highest BCUT2D eigenvalue weighted by molar-refractivity contribution is 7.80. The lowest BCUT2D eigenvalue weighted by Crippen LogP contribution is -2.32. The topological polar surface area (TPSA) is 59.2 Å². The first kappa shape index (κ1) is 15.1. The summed E-state index contributed by atoms with van der Waals surface area (Å²) in [6.45, 7) is 2.57. The van der Waals surface area contributed by atoms with Crippen molar-refractivity contribution in [3.63, 3.8) is 0 Å². The van der Waals surface area contributed by atoms with Gasteiger partial charge in [0, 0.05) is 30.2 Å². The Balaban J connectivity index is 2.11. The van der Waals surface area contributed by atoms with Gasteiger partial charge in [0.2, 0.25) is 5.91 Å². The van der Waals surface area contributed by atoms with Gasteiger partial charge >= 0.3 is 0 Å². The smallest absolute Gasteiger partial charge is 0.231 e. The van der Waals surface area contributed by atoms with Crippen LogP contribution in [0.4, 0.5) is 5.69 Å². The number of benzene rings is 1. The van der Waals surface area contributed by atoms with Crippen molar-refractivity contribution in [3.8, 4) is 0 Å². The minimum Gasteiger partial charge on any atom is -0.389 e. The van der Waals surface area contributed by atoms with E-state index in [1.54, 1.807) is 17.3 Å². The van der Waals surface area contributed by atoms with Gasteiger partial charge < -0.3 is 10.6 Å². The van der Waals surface area contributed by atoms with Gasteiger partial charge in [0.25, 0.3) is 0 Å². The Morgan fingerprint density at radius 2 is 1.81 bits per heavy atom. The molecule has 5 heteroatoms. The molecule has 1 amide bonds. The van der Waals surface area contributed by atoms with Crippen LogP contribution in [0.1, 0.15) is 18.1 Å². The summed E-state index contributed by atoms with van der Waals surface area (Å²) < 4.78 is 0. The zero-order chi connectivity index (χ0) is 15.2. The van der Waals surface area contributed by atoms with E-state index in [1.807, 2.05) is 43.3 Å². The van der Waals surface area contributed by atoms with Crippen LogP contribution < -0.4 is 10.6 Å². The number of pyridine rings is 1. The molecule has 2 N–H and O–H groups in total. The molecule has 1 aromatic carbocycles. The van der Waals surface area contributed by atoms with Crippen molar-refractivity contribution in [1.29, 1.82) is 0 Å². The first-order valence-electron chi connectivity index (χ1n) is 6.71. The van der Waals surface area contributed by atoms with Crippen molar-refractivity contribution >= 4 is 28.8 Å². The van der Waals surface area contributed by atoms with Gasteiger partial charge in [0.15, 0.2) is 0 Å². The molecule has 1 aromatic heterocycles. The Bertz CT molecular complexity index is 626. The van der Waals surface area contributed by atoms with Crippen molar-refractivity contribution in [2.75, 3.05) is 11.4 Å². The van der Waals surface area contributed by atoms with Crippen LogP contribution in [0.25, 0.3) is 0 Å². The van der Waals surface area contributed by atoms with E-state index in [0.717, 1.165) is 16.8 Å². The number of amides is 1. The highest BCUT2D eigenvalue weighted by atomic mass is 32.1. The van der Waals surface area contributed by atoms with E-state index in [9.17, 15) is 4.79 Å². The molecule has 21 heavy (non-hydrogen) atoms. The summed E-state index contributed by atoms with van der Waals surface area (Å²) in [5.74, 6) is 0.0479. The third kappa shape index (κ3) is 3.86. The lowest BCUT2D eigenvalue weighted by atomic mass is 10.1. The number of anilines is 1. The molecule has 0 fully saturated rings. The Labute approximate surface area is 129 Å². The molecule has 0 spiro atoms. The summed E-state index contributed by atoms with van der Waals surface area (Å²) in [5.41, 5.74) is 8.17. The number of aromatic nitrogens is 1.